The predicted octanol–water partition coefficient (Wildman–Crippen LogP) is 4.27. The van der Waals surface area contributed by atoms with Gasteiger partial charge in [-0.1, -0.05) is 48.5 Å². The van der Waals surface area contributed by atoms with E-state index in [1.807, 2.05) is 48.5 Å². The molecular formula is C29H26FN7O. The van der Waals surface area contributed by atoms with E-state index in [0.717, 1.165) is 37.6 Å². The molecule has 38 heavy (non-hydrogen) atoms. The maximum absolute atomic E-state index is 15.8. The van der Waals surface area contributed by atoms with Crippen molar-refractivity contribution in [2.24, 2.45) is 0 Å². The van der Waals surface area contributed by atoms with E-state index >= 15 is 4.39 Å². The highest BCUT2D eigenvalue weighted by atomic mass is 19.1. The molecule has 1 atom stereocenters. The Morgan fingerprint density at radius 2 is 1.76 bits per heavy atom. The molecule has 0 spiro atoms. The molecule has 0 aliphatic carbocycles. The fourth-order valence-corrected chi connectivity index (χ4v) is 4.74. The molecule has 0 bridgehead atoms. The number of carbonyl (C=O) groups excluding carboxylic acids is 1. The van der Waals surface area contributed by atoms with Gasteiger partial charge in [0.05, 0.1) is 0 Å². The van der Waals surface area contributed by atoms with Crippen molar-refractivity contribution in [1.29, 1.82) is 0 Å². The van der Waals surface area contributed by atoms with Crippen LogP contribution in [0, 0.1) is 5.82 Å². The van der Waals surface area contributed by atoms with E-state index in [1.165, 1.54) is 4.68 Å². The highest BCUT2D eigenvalue weighted by Crippen LogP contribution is 2.30. The fourth-order valence-electron chi connectivity index (χ4n) is 4.74. The average molecular weight is 508 g/mol. The van der Waals surface area contributed by atoms with Gasteiger partial charge in [-0.2, -0.15) is 5.10 Å². The van der Waals surface area contributed by atoms with Crippen LogP contribution >= 0.6 is 0 Å². The third-order valence-corrected chi connectivity index (χ3v) is 6.68. The Kier molecular flexibility index (Phi) is 6.49. The van der Waals surface area contributed by atoms with Crippen LogP contribution in [0.3, 0.4) is 0 Å². The first-order chi connectivity index (χ1) is 18.7. The number of piperazine rings is 1. The minimum Gasteiger partial charge on any atom is -0.354 e. The number of pyridine rings is 2. The van der Waals surface area contributed by atoms with Crippen LogP contribution in [0.1, 0.15) is 11.6 Å². The van der Waals surface area contributed by atoms with Crippen molar-refractivity contribution >= 4 is 28.4 Å². The molecule has 0 radical (unpaired) electrons. The van der Waals surface area contributed by atoms with Gasteiger partial charge in [0, 0.05) is 61.3 Å². The lowest BCUT2D eigenvalue weighted by molar-refractivity contribution is -0.118. The first kappa shape index (κ1) is 23.7. The number of hydrogen-bond donors (Lipinski definition) is 2. The van der Waals surface area contributed by atoms with Gasteiger partial charge in [0.25, 0.3) is 5.91 Å². The number of halogens is 1. The Balaban J connectivity index is 1.34. The summed E-state index contributed by atoms with van der Waals surface area (Å²) in [4.78, 5) is 24.4. The SMILES string of the molecule is O=C(Nc1ccccn1)[C@@H](c1ccccc1)n1cc2ccc(-c3ccc(N4CCNCC4)nc3)c(F)c2n1. The van der Waals surface area contributed by atoms with Crippen LogP contribution in [-0.2, 0) is 4.79 Å². The summed E-state index contributed by atoms with van der Waals surface area (Å²) >= 11 is 0. The molecular weight excluding hydrogens is 481 g/mol. The van der Waals surface area contributed by atoms with Crippen molar-refractivity contribution in [3.8, 4) is 11.1 Å². The predicted molar refractivity (Wildman–Crippen MR) is 145 cm³/mol. The molecule has 6 rings (SSSR count). The molecule has 0 unspecified atom stereocenters. The highest BCUT2D eigenvalue weighted by Gasteiger charge is 2.25. The van der Waals surface area contributed by atoms with Crippen molar-refractivity contribution in [2.45, 2.75) is 6.04 Å². The first-order valence-electron chi connectivity index (χ1n) is 12.5. The molecule has 9 heteroatoms. The second kappa shape index (κ2) is 10.4. The number of hydrogen-bond acceptors (Lipinski definition) is 6. The molecule has 4 heterocycles. The molecule has 8 nitrogen and oxygen atoms in total. The van der Waals surface area contributed by atoms with Gasteiger partial charge < -0.3 is 15.5 Å². The summed E-state index contributed by atoms with van der Waals surface area (Å²) in [6.07, 6.45) is 5.01. The molecule has 2 N–H and O–H groups in total. The number of fused-ring (bicyclic) bond motifs is 1. The second-order valence-electron chi connectivity index (χ2n) is 9.13. The highest BCUT2D eigenvalue weighted by molar-refractivity contribution is 5.95. The zero-order valence-corrected chi connectivity index (χ0v) is 20.6. The summed E-state index contributed by atoms with van der Waals surface area (Å²) in [7, 11) is 0. The van der Waals surface area contributed by atoms with E-state index in [0.29, 0.717) is 22.3 Å². The summed E-state index contributed by atoms with van der Waals surface area (Å²) in [5, 5.41) is 11.3. The van der Waals surface area contributed by atoms with Gasteiger partial charge in [0.15, 0.2) is 11.9 Å². The Hall–Kier alpha value is -4.63. The second-order valence-corrected chi connectivity index (χ2v) is 9.13. The topological polar surface area (TPSA) is 88.0 Å². The largest absolute Gasteiger partial charge is 0.354 e. The number of amides is 1. The fraction of sp³-hybridized carbons (Fsp3) is 0.172. The van der Waals surface area contributed by atoms with E-state index in [1.54, 1.807) is 42.9 Å². The molecule has 1 amide bonds. The number of nitrogens with one attached hydrogen (secondary N) is 2. The zero-order valence-electron chi connectivity index (χ0n) is 20.6. The average Bonchev–Trinajstić information content (AvgIpc) is 3.40. The van der Waals surface area contributed by atoms with E-state index in [-0.39, 0.29) is 11.4 Å². The lowest BCUT2D eigenvalue weighted by Gasteiger charge is -2.28. The number of benzene rings is 2. The molecule has 1 aliphatic heterocycles. The quantitative estimate of drug-likeness (QED) is 0.357. The van der Waals surface area contributed by atoms with Crippen LogP contribution in [0.15, 0.2) is 91.4 Å². The third kappa shape index (κ3) is 4.71. The van der Waals surface area contributed by atoms with Gasteiger partial charge in [-0.3, -0.25) is 9.48 Å². The van der Waals surface area contributed by atoms with E-state index < -0.39 is 11.9 Å². The smallest absolute Gasteiger partial charge is 0.254 e. The minimum absolute atomic E-state index is 0.195. The Labute approximate surface area is 219 Å². The maximum atomic E-state index is 15.8. The lowest BCUT2D eigenvalue weighted by Crippen LogP contribution is -2.43. The van der Waals surface area contributed by atoms with Crippen LogP contribution in [0.2, 0.25) is 0 Å². The summed E-state index contributed by atoms with van der Waals surface area (Å²) in [6, 6.07) is 21.1. The minimum atomic E-state index is -0.812. The van der Waals surface area contributed by atoms with Crippen LogP contribution < -0.4 is 15.5 Å². The van der Waals surface area contributed by atoms with Gasteiger partial charge >= 0.3 is 0 Å². The van der Waals surface area contributed by atoms with E-state index in [2.05, 4.69) is 30.6 Å². The van der Waals surface area contributed by atoms with Crippen LogP contribution in [0.25, 0.3) is 22.0 Å². The molecule has 1 aliphatic rings. The van der Waals surface area contributed by atoms with E-state index in [4.69, 9.17) is 0 Å². The molecule has 3 aromatic heterocycles. The monoisotopic (exact) mass is 507 g/mol. The van der Waals surface area contributed by atoms with Gasteiger partial charge in [-0.05, 0) is 29.8 Å². The normalized spacial score (nSPS) is 14.4. The van der Waals surface area contributed by atoms with Gasteiger partial charge in [0.1, 0.15) is 17.2 Å². The van der Waals surface area contributed by atoms with Crippen LogP contribution in [0.4, 0.5) is 16.0 Å². The molecule has 2 aromatic carbocycles. The van der Waals surface area contributed by atoms with Gasteiger partial charge in [0.2, 0.25) is 0 Å². The lowest BCUT2D eigenvalue weighted by atomic mass is 10.1. The summed E-state index contributed by atoms with van der Waals surface area (Å²) < 4.78 is 17.3. The summed E-state index contributed by atoms with van der Waals surface area (Å²) in [5.41, 5.74) is 2.00. The van der Waals surface area contributed by atoms with E-state index in [9.17, 15) is 4.79 Å². The number of nitrogens with zero attached hydrogens (tertiary/aromatic N) is 5. The molecule has 0 saturated carbocycles. The number of aromatic nitrogens is 4. The Morgan fingerprint density at radius 3 is 2.50 bits per heavy atom. The number of anilines is 2. The zero-order chi connectivity index (χ0) is 25.9. The van der Waals surface area contributed by atoms with Gasteiger partial charge in [-0.15, -0.1) is 0 Å². The third-order valence-electron chi connectivity index (χ3n) is 6.68. The molecule has 5 aromatic rings. The number of carbonyl (C=O) groups is 1. The molecule has 1 saturated heterocycles. The van der Waals surface area contributed by atoms with Gasteiger partial charge in [-0.25, -0.2) is 14.4 Å². The van der Waals surface area contributed by atoms with Crippen molar-refractivity contribution in [1.82, 2.24) is 25.1 Å². The van der Waals surface area contributed by atoms with Crippen LogP contribution in [-0.4, -0.2) is 51.8 Å². The van der Waals surface area contributed by atoms with Crippen molar-refractivity contribution < 1.29 is 9.18 Å². The van der Waals surface area contributed by atoms with Crippen LogP contribution in [0.5, 0.6) is 0 Å². The molecule has 190 valence electrons. The Morgan fingerprint density at radius 1 is 0.947 bits per heavy atom. The van der Waals surface area contributed by atoms with Crippen molar-refractivity contribution in [3.63, 3.8) is 0 Å². The summed E-state index contributed by atoms with van der Waals surface area (Å²) in [6.45, 7) is 3.61. The molecule has 1 fully saturated rings. The Bertz CT molecular complexity index is 1550. The first-order valence-corrected chi connectivity index (χ1v) is 12.5. The maximum Gasteiger partial charge on any atom is 0.254 e. The summed E-state index contributed by atoms with van der Waals surface area (Å²) in [5.74, 6) is 0.539. The standard InChI is InChI=1S/C29H26FN7O/c30-26-23(21-10-12-25(33-18-21)36-16-14-31-15-17-36)11-9-22-19-37(35-27(22)26)28(20-6-2-1-3-7-20)29(38)34-24-8-4-5-13-32-24/h1-13,18-19,28,31H,14-17H2,(H,32,34,38)/t28-/m1/s1. The van der Waals surface area contributed by atoms with Crippen molar-refractivity contribution in [3.05, 3.63) is 103 Å². The van der Waals surface area contributed by atoms with Crippen molar-refractivity contribution in [2.75, 3.05) is 36.4 Å². The number of rotatable bonds is 6.